The van der Waals surface area contributed by atoms with E-state index in [9.17, 15) is 14.9 Å². The third kappa shape index (κ3) is 2.17. The van der Waals surface area contributed by atoms with Crippen LogP contribution in [0.5, 0.6) is 0 Å². The molecule has 1 aliphatic heterocycles. The smallest absolute Gasteiger partial charge is 0.269 e. The number of rotatable bonds is 3. The summed E-state index contributed by atoms with van der Waals surface area (Å²) in [5, 5.41) is 13.6. The Bertz CT molecular complexity index is 424. The lowest BCUT2D eigenvalue weighted by Gasteiger charge is -2.33. The van der Waals surface area contributed by atoms with Crippen molar-refractivity contribution >= 4 is 12.0 Å². The first-order chi connectivity index (χ1) is 8.18. The molecule has 6 nitrogen and oxygen atoms in total. The summed E-state index contributed by atoms with van der Waals surface area (Å²) in [5.74, 6) is 0. The molecule has 1 saturated heterocycles. The number of nitro benzene ring substituents is 1. The quantitative estimate of drug-likeness (QED) is 0.472. The van der Waals surface area contributed by atoms with Gasteiger partial charge in [-0.3, -0.25) is 14.9 Å². The number of nitrogens with zero attached hydrogens (tertiary/aromatic N) is 1. The Hall–Kier alpha value is -1.79. The second kappa shape index (κ2) is 4.60. The summed E-state index contributed by atoms with van der Waals surface area (Å²) >= 11 is 0. The number of carbonyl (C=O) groups is 1. The molecule has 0 aliphatic carbocycles. The fraction of sp³-hybridized carbons (Fsp3) is 0.364. The fourth-order valence-corrected chi connectivity index (χ4v) is 1.82. The first-order valence-corrected chi connectivity index (χ1v) is 5.24. The largest absolute Gasteiger partial charge is 0.360 e. The maximum Gasteiger partial charge on any atom is 0.269 e. The molecule has 2 rings (SSSR count). The van der Waals surface area contributed by atoms with Crippen molar-refractivity contribution in [3.63, 3.8) is 0 Å². The molecule has 1 unspecified atom stereocenters. The maximum absolute atomic E-state index is 11.2. The number of carbonyl (C=O) groups excluding carboxylic acids is 1. The molecule has 1 heterocycles. The number of aldehydes is 1. The van der Waals surface area contributed by atoms with E-state index < -0.39 is 10.5 Å². The number of nitro groups is 1. The Morgan fingerprint density at radius 1 is 1.41 bits per heavy atom. The van der Waals surface area contributed by atoms with Crippen molar-refractivity contribution in [3.8, 4) is 0 Å². The summed E-state index contributed by atoms with van der Waals surface area (Å²) in [6.07, 6.45) is 0.736. The number of nitrogens with one attached hydrogen (secondary N) is 1. The van der Waals surface area contributed by atoms with Crippen molar-refractivity contribution in [2.75, 3.05) is 19.7 Å². The van der Waals surface area contributed by atoms with E-state index in [4.69, 9.17) is 4.74 Å². The Morgan fingerprint density at radius 3 is 2.59 bits per heavy atom. The molecule has 1 N–H and O–H groups in total. The van der Waals surface area contributed by atoms with Crippen molar-refractivity contribution < 1.29 is 14.5 Å². The van der Waals surface area contributed by atoms with Crippen molar-refractivity contribution in [3.05, 3.63) is 39.9 Å². The maximum atomic E-state index is 11.2. The SMILES string of the molecule is O=CC1(c2ccc([N+](=O)[O-])cc2)CNCCO1. The molecule has 6 heteroatoms. The van der Waals surface area contributed by atoms with Crippen molar-refractivity contribution in [1.29, 1.82) is 0 Å². The number of hydrogen-bond donors (Lipinski definition) is 1. The Morgan fingerprint density at radius 2 is 2.12 bits per heavy atom. The van der Waals surface area contributed by atoms with Gasteiger partial charge in [-0.15, -0.1) is 0 Å². The summed E-state index contributed by atoms with van der Waals surface area (Å²) in [5.41, 5.74) is -0.392. The number of benzene rings is 1. The molecule has 17 heavy (non-hydrogen) atoms. The van der Waals surface area contributed by atoms with Crippen molar-refractivity contribution in [2.45, 2.75) is 5.60 Å². The highest BCUT2D eigenvalue weighted by Crippen LogP contribution is 2.26. The average molecular weight is 236 g/mol. The Labute approximate surface area is 97.7 Å². The lowest BCUT2D eigenvalue weighted by atomic mass is 9.94. The Kier molecular flexibility index (Phi) is 3.16. The van der Waals surface area contributed by atoms with E-state index >= 15 is 0 Å². The lowest BCUT2D eigenvalue weighted by Crippen LogP contribution is -2.48. The molecule has 0 aromatic heterocycles. The summed E-state index contributed by atoms with van der Waals surface area (Å²) in [4.78, 5) is 21.3. The Balaban J connectivity index is 2.31. The highest BCUT2D eigenvalue weighted by Gasteiger charge is 2.35. The molecule has 1 aromatic carbocycles. The fourth-order valence-electron chi connectivity index (χ4n) is 1.82. The minimum absolute atomic E-state index is 0.00133. The normalized spacial score (nSPS) is 24.2. The molecule has 90 valence electrons. The van der Waals surface area contributed by atoms with Crippen LogP contribution in [0.3, 0.4) is 0 Å². The van der Waals surface area contributed by atoms with E-state index in [2.05, 4.69) is 5.32 Å². The van der Waals surface area contributed by atoms with Gasteiger partial charge in [-0.2, -0.15) is 0 Å². The van der Waals surface area contributed by atoms with Gasteiger partial charge in [-0.25, -0.2) is 0 Å². The zero-order chi connectivity index (χ0) is 12.3. The molecule has 1 atom stereocenters. The predicted molar refractivity (Wildman–Crippen MR) is 59.7 cm³/mol. The predicted octanol–water partition coefficient (Wildman–Crippen LogP) is 0.609. The van der Waals surface area contributed by atoms with E-state index in [1.54, 1.807) is 12.1 Å². The molecule has 0 bridgehead atoms. The molecule has 0 amide bonds. The van der Waals surface area contributed by atoms with Gasteiger partial charge in [-0.1, -0.05) is 0 Å². The topological polar surface area (TPSA) is 81.5 Å². The van der Waals surface area contributed by atoms with Crippen LogP contribution in [0.2, 0.25) is 0 Å². The van der Waals surface area contributed by atoms with Gasteiger partial charge in [0.15, 0.2) is 11.9 Å². The zero-order valence-corrected chi connectivity index (χ0v) is 9.09. The van der Waals surface area contributed by atoms with Gasteiger partial charge in [0, 0.05) is 25.2 Å². The second-order valence-corrected chi connectivity index (χ2v) is 3.84. The minimum Gasteiger partial charge on any atom is -0.360 e. The second-order valence-electron chi connectivity index (χ2n) is 3.84. The van der Waals surface area contributed by atoms with Gasteiger partial charge in [0.1, 0.15) is 0 Å². The minimum atomic E-state index is -1.02. The first-order valence-electron chi connectivity index (χ1n) is 5.24. The molecular formula is C11H12N2O4. The van der Waals surface area contributed by atoms with E-state index in [0.717, 1.165) is 6.29 Å². The van der Waals surface area contributed by atoms with Gasteiger partial charge < -0.3 is 10.1 Å². The van der Waals surface area contributed by atoms with Crippen molar-refractivity contribution in [2.24, 2.45) is 0 Å². The highest BCUT2D eigenvalue weighted by atomic mass is 16.6. The van der Waals surface area contributed by atoms with Gasteiger partial charge in [0.05, 0.1) is 11.5 Å². The van der Waals surface area contributed by atoms with E-state index in [1.807, 2.05) is 0 Å². The number of non-ortho nitro benzene ring substituents is 1. The van der Waals surface area contributed by atoms with Gasteiger partial charge >= 0.3 is 0 Å². The molecule has 1 fully saturated rings. The van der Waals surface area contributed by atoms with Gasteiger partial charge in [0.25, 0.3) is 5.69 Å². The third-order valence-corrected chi connectivity index (χ3v) is 2.78. The molecule has 1 aromatic rings. The lowest BCUT2D eigenvalue weighted by molar-refractivity contribution is -0.384. The van der Waals surface area contributed by atoms with Crippen molar-refractivity contribution in [1.82, 2.24) is 5.32 Å². The first kappa shape index (κ1) is 11.7. The van der Waals surface area contributed by atoms with Crippen LogP contribution in [0.25, 0.3) is 0 Å². The highest BCUT2D eigenvalue weighted by molar-refractivity contribution is 5.67. The van der Waals surface area contributed by atoms with Crippen LogP contribution in [0, 0.1) is 10.1 Å². The third-order valence-electron chi connectivity index (χ3n) is 2.78. The molecular weight excluding hydrogens is 224 g/mol. The summed E-state index contributed by atoms with van der Waals surface area (Å²) < 4.78 is 5.50. The van der Waals surface area contributed by atoms with E-state index in [-0.39, 0.29) is 5.69 Å². The summed E-state index contributed by atoms with van der Waals surface area (Å²) in [6, 6.07) is 5.86. The summed E-state index contributed by atoms with van der Waals surface area (Å²) in [6.45, 7) is 1.52. The molecule has 0 saturated carbocycles. The molecule has 1 aliphatic rings. The number of ether oxygens (including phenoxy) is 1. The zero-order valence-electron chi connectivity index (χ0n) is 9.09. The molecule has 0 radical (unpaired) electrons. The van der Waals surface area contributed by atoms with Crippen LogP contribution in [0.4, 0.5) is 5.69 Å². The average Bonchev–Trinajstić information content (AvgIpc) is 2.39. The standard InChI is InChI=1S/C11H12N2O4/c14-8-11(7-12-5-6-17-11)9-1-3-10(4-2-9)13(15)16/h1-4,8,12H,5-7H2. The van der Waals surface area contributed by atoms with Crippen LogP contribution in [0.15, 0.2) is 24.3 Å². The van der Waals surface area contributed by atoms with Gasteiger partial charge in [0.2, 0.25) is 0 Å². The van der Waals surface area contributed by atoms with E-state index in [1.165, 1.54) is 12.1 Å². The van der Waals surface area contributed by atoms with Crippen LogP contribution in [0.1, 0.15) is 5.56 Å². The summed E-state index contributed by atoms with van der Waals surface area (Å²) in [7, 11) is 0. The van der Waals surface area contributed by atoms with E-state index in [0.29, 0.717) is 25.3 Å². The van der Waals surface area contributed by atoms with Crippen LogP contribution < -0.4 is 5.32 Å². The number of hydrogen-bond acceptors (Lipinski definition) is 5. The van der Waals surface area contributed by atoms with Crippen LogP contribution >= 0.6 is 0 Å². The number of morpholine rings is 1. The molecule has 0 spiro atoms. The van der Waals surface area contributed by atoms with Crippen LogP contribution in [-0.4, -0.2) is 30.9 Å². The van der Waals surface area contributed by atoms with Gasteiger partial charge in [-0.05, 0) is 17.7 Å². The monoisotopic (exact) mass is 236 g/mol. The van der Waals surface area contributed by atoms with Crippen LogP contribution in [-0.2, 0) is 15.1 Å².